The number of ether oxygens (including phenoxy) is 2. The summed E-state index contributed by atoms with van der Waals surface area (Å²) in [5.41, 5.74) is 2.81. The first-order valence-corrected chi connectivity index (χ1v) is 10.2. The number of para-hydroxylation sites is 1. The SMILES string of the molecule is O=C(c1cccnc1)N(Cc1ccc2ccc(Cl)nc2c1)c1cccc2c1OCCO2. The Bertz CT molecular complexity index is 1260. The highest BCUT2D eigenvalue weighted by Gasteiger charge is 2.25. The molecule has 5 rings (SSSR count). The number of fused-ring (bicyclic) bond motifs is 2. The van der Waals surface area contributed by atoms with Gasteiger partial charge in [0, 0.05) is 17.8 Å². The van der Waals surface area contributed by atoms with Crippen molar-refractivity contribution in [3.05, 3.63) is 89.3 Å². The van der Waals surface area contributed by atoms with Crippen molar-refractivity contribution in [2.24, 2.45) is 0 Å². The zero-order chi connectivity index (χ0) is 21.2. The van der Waals surface area contributed by atoms with Gasteiger partial charge < -0.3 is 14.4 Å². The molecule has 0 spiro atoms. The minimum atomic E-state index is -0.185. The van der Waals surface area contributed by atoms with Crippen molar-refractivity contribution < 1.29 is 14.3 Å². The van der Waals surface area contributed by atoms with E-state index in [1.54, 1.807) is 35.5 Å². The zero-order valence-corrected chi connectivity index (χ0v) is 17.2. The highest BCUT2D eigenvalue weighted by molar-refractivity contribution is 6.29. The summed E-state index contributed by atoms with van der Waals surface area (Å²) in [4.78, 5) is 23.7. The number of anilines is 1. The molecule has 3 heterocycles. The minimum Gasteiger partial charge on any atom is -0.486 e. The number of amides is 1. The second kappa shape index (κ2) is 8.24. The number of pyridine rings is 2. The molecule has 2 aromatic carbocycles. The second-order valence-corrected chi connectivity index (χ2v) is 7.48. The third-order valence-electron chi connectivity index (χ3n) is 5.05. The van der Waals surface area contributed by atoms with E-state index in [0.717, 1.165) is 16.5 Å². The van der Waals surface area contributed by atoms with Gasteiger partial charge in [0.1, 0.15) is 18.4 Å². The van der Waals surface area contributed by atoms with Gasteiger partial charge in [0.15, 0.2) is 11.5 Å². The molecule has 0 unspecified atom stereocenters. The molecular formula is C24H18ClN3O3. The van der Waals surface area contributed by atoms with Crippen LogP contribution in [0.15, 0.2) is 73.1 Å². The molecule has 0 radical (unpaired) electrons. The molecule has 0 saturated carbocycles. The predicted octanol–water partition coefficient (Wildman–Crippen LogP) is 4.90. The summed E-state index contributed by atoms with van der Waals surface area (Å²) in [5.74, 6) is 1.00. The summed E-state index contributed by atoms with van der Waals surface area (Å²) in [7, 11) is 0. The van der Waals surface area contributed by atoms with Crippen LogP contribution in [0.2, 0.25) is 5.15 Å². The maximum Gasteiger partial charge on any atom is 0.260 e. The average Bonchev–Trinajstić information content (AvgIpc) is 2.82. The van der Waals surface area contributed by atoms with E-state index < -0.39 is 0 Å². The highest BCUT2D eigenvalue weighted by atomic mass is 35.5. The lowest BCUT2D eigenvalue weighted by molar-refractivity contribution is 0.0982. The van der Waals surface area contributed by atoms with E-state index in [0.29, 0.717) is 47.7 Å². The third kappa shape index (κ3) is 3.90. The van der Waals surface area contributed by atoms with Gasteiger partial charge in [-0.2, -0.15) is 0 Å². The maximum absolute atomic E-state index is 13.5. The van der Waals surface area contributed by atoms with Gasteiger partial charge in [0.05, 0.1) is 23.3 Å². The molecule has 4 aromatic rings. The molecular weight excluding hydrogens is 414 g/mol. The van der Waals surface area contributed by atoms with Crippen molar-refractivity contribution in [1.82, 2.24) is 9.97 Å². The van der Waals surface area contributed by atoms with E-state index in [1.165, 1.54) is 0 Å². The first-order chi connectivity index (χ1) is 15.2. The van der Waals surface area contributed by atoms with Crippen LogP contribution in [0.3, 0.4) is 0 Å². The lowest BCUT2D eigenvalue weighted by Crippen LogP contribution is -2.31. The molecule has 0 bridgehead atoms. The van der Waals surface area contributed by atoms with Crippen LogP contribution in [0.1, 0.15) is 15.9 Å². The van der Waals surface area contributed by atoms with Crippen LogP contribution in [-0.2, 0) is 6.54 Å². The Kier molecular flexibility index (Phi) is 5.14. The van der Waals surface area contributed by atoms with Crippen LogP contribution in [-0.4, -0.2) is 29.1 Å². The quantitative estimate of drug-likeness (QED) is 0.430. The van der Waals surface area contributed by atoms with Gasteiger partial charge in [-0.15, -0.1) is 0 Å². The van der Waals surface area contributed by atoms with Crippen molar-refractivity contribution in [2.75, 3.05) is 18.1 Å². The number of nitrogens with zero attached hydrogens (tertiary/aromatic N) is 3. The standard InChI is InChI=1S/C24H18ClN3O3/c25-22-9-8-17-7-6-16(13-19(17)27-22)15-28(24(29)18-3-2-10-26-14-18)20-4-1-5-21-23(20)31-12-11-30-21/h1-10,13-14H,11-12,15H2. The lowest BCUT2D eigenvalue weighted by atomic mass is 10.1. The number of aromatic nitrogens is 2. The first-order valence-electron chi connectivity index (χ1n) is 9.85. The summed E-state index contributed by atoms with van der Waals surface area (Å²) in [6.07, 6.45) is 3.20. The van der Waals surface area contributed by atoms with Crippen LogP contribution in [0, 0.1) is 0 Å². The van der Waals surface area contributed by atoms with E-state index in [2.05, 4.69) is 9.97 Å². The van der Waals surface area contributed by atoms with Crippen molar-refractivity contribution in [2.45, 2.75) is 6.54 Å². The molecule has 1 aliphatic rings. The van der Waals surface area contributed by atoms with E-state index in [-0.39, 0.29) is 5.91 Å². The van der Waals surface area contributed by atoms with Crippen LogP contribution in [0.25, 0.3) is 10.9 Å². The number of halogens is 1. The average molecular weight is 432 g/mol. The van der Waals surface area contributed by atoms with Crippen LogP contribution >= 0.6 is 11.6 Å². The molecule has 2 aromatic heterocycles. The Morgan fingerprint density at radius 2 is 1.90 bits per heavy atom. The first kappa shape index (κ1) is 19.3. The molecule has 31 heavy (non-hydrogen) atoms. The molecule has 0 N–H and O–H groups in total. The number of hydrogen-bond acceptors (Lipinski definition) is 5. The third-order valence-corrected chi connectivity index (χ3v) is 5.26. The Morgan fingerprint density at radius 1 is 1.03 bits per heavy atom. The summed E-state index contributed by atoms with van der Waals surface area (Å²) in [5, 5.41) is 1.41. The molecule has 0 atom stereocenters. The molecule has 6 nitrogen and oxygen atoms in total. The monoisotopic (exact) mass is 431 g/mol. The topological polar surface area (TPSA) is 64.6 Å². The van der Waals surface area contributed by atoms with Gasteiger partial charge in [-0.3, -0.25) is 9.78 Å². The molecule has 0 saturated heterocycles. The van der Waals surface area contributed by atoms with Gasteiger partial charge in [-0.05, 0) is 48.0 Å². The number of carbonyl (C=O) groups is 1. The van der Waals surface area contributed by atoms with Crippen molar-refractivity contribution in [3.8, 4) is 11.5 Å². The van der Waals surface area contributed by atoms with E-state index in [4.69, 9.17) is 21.1 Å². The van der Waals surface area contributed by atoms with Crippen molar-refractivity contribution in [1.29, 1.82) is 0 Å². The fourth-order valence-electron chi connectivity index (χ4n) is 3.60. The van der Waals surface area contributed by atoms with Crippen LogP contribution in [0.4, 0.5) is 5.69 Å². The number of benzene rings is 2. The number of carbonyl (C=O) groups excluding carboxylic acids is 1. The fraction of sp³-hybridized carbons (Fsp3) is 0.125. The van der Waals surface area contributed by atoms with Gasteiger partial charge >= 0.3 is 0 Å². The van der Waals surface area contributed by atoms with Crippen molar-refractivity contribution in [3.63, 3.8) is 0 Å². The molecule has 0 aliphatic carbocycles. The maximum atomic E-state index is 13.5. The normalized spacial score (nSPS) is 12.5. The second-order valence-electron chi connectivity index (χ2n) is 7.10. The molecule has 1 aliphatic heterocycles. The molecule has 7 heteroatoms. The zero-order valence-electron chi connectivity index (χ0n) is 16.5. The van der Waals surface area contributed by atoms with Gasteiger partial charge in [-0.1, -0.05) is 29.8 Å². The van der Waals surface area contributed by atoms with Crippen LogP contribution in [0.5, 0.6) is 11.5 Å². The summed E-state index contributed by atoms with van der Waals surface area (Å²) in [6, 6.07) is 18.6. The van der Waals surface area contributed by atoms with Gasteiger partial charge in [-0.25, -0.2) is 4.98 Å². The number of rotatable bonds is 4. The molecule has 1 amide bonds. The minimum absolute atomic E-state index is 0.185. The smallest absolute Gasteiger partial charge is 0.260 e. The Labute approximate surface area is 184 Å². The van der Waals surface area contributed by atoms with Crippen LogP contribution < -0.4 is 14.4 Å². The fourth-order valence-corrected chi connectivity index (χ4v) is 3.76. The lowest BCUT2D eigenvalue weighted by Gasteiger charge is -2.28. The predicted molar refractivity (Wildman–Crippen MR) is 119 cm³/mol. The van der Waals surface area contributed by atoms with E-state index in [9.17, 15) is 4.79 Å². The Balaban J connectivity index is 1.59. The van der Waals surface area contributed by atoms with E-state index in [1.807, 2.05) is 42.5 Å². The van der Waals surface area contributed by atoms with Gasteiger partial charge in [0.2, 0.25) is 0 Å². The Morgan fingerprint density at radius 3 is 2.77 bits per heavy atom. The molecule has 0 fully saturated rings. The Hall–Kier alpha value is -3.64. The number of hydrogen-bond donors (Lipinski definition) is 0. The largest absolute Gasteiger partial charge is 0.486 e. The highest BCUT2D eigenvalue weighted by Crippen LogP contribution is 2.40. The summed E-state index contributed by atoms with van der Waals surface area (Å²) in [6.45, 7) is 1.22. The summed E-state index contributed by atoms with van der Waals surface area (Å²) >= 11 is 6.07. The van der Waals surface area contributed by atoms with E-state index >= 15 is 0 Å². The van der Waals surface area contributed by atoms with Crippen molar-refractivity contribution >= 4 is 34.1 Å². The summed E-state index contributed by atoms with van der Waals surface area (Å²) < 4.78 is 11.6. The molecule has 154 valence electrons. The van der Waals surface area contributed by atoms with Gasteiger partial charge in [0.25, 0.3) is 5.91 Å².